The van der Waals surface area contributed by atoms with E-state index >= 15 is 0 Å². The highest BCUT2D eigenvalue weighted by Crippen LogP contribution is 2.31. The number of benzene rings is 1. The first-order valence-corrected chi connectivity index (χ1v) is 9.85. The number of anilines is 2. The molecule has 1 aromatic carbocycles. The lowest BCUT2D eigenvalue weighted by Gasteiger charge is -2.31. The Hall–Kier alpha value is -2.83. The van der Waals surface area contributed by atoms with Crippen LogP contribution in [0, 0.1) is 5.92 Å². The van der Waals surface area contributed by atoms with E-state index in [0.29, 0.717) is 6.54 Å². The Bertz CT molecular complexity index is 931. The van der Waals surface area contributed by atoms with Gasteiger partial charge >= 0.3 is 0 Å². The topological polar surface area (TPSA) is 67.7 Å². The molecular weight excluding hydrogens is 356 g/mol. The molecule has 3 heterocycles. The maximum atomic E-state index is 12.9. The van der Waals surface area contributed by atoms with Crippen LogP contribution in [-0.2, 0) is 17.8 Å². The first-order chi connectivity index (χ1) is 13.5. The number of hydrogen-bond donors (Lipinski definition) is 0. The van der Waals surface area contributed by atoms with E-state index in [9.17, 15) is 9.59 Å². The Morgan fingerprint density at radius 1 is 1.18 bits per heavy atom. The lowest BCUT2D eigenvalue weighted by molar-refractivity contribution is -0.119. The average molecular weight is 382 g/mol. The lowest BCUT2D eigenvalue weighted by atomic mass is 9.99. The minimum Gasteiger partial charge on any atom is -0.497 e. The summed E-state index contributed by atoms with van der Waals surface area (Å²) in [6, 6.07) is 8.99. The molecule has 0 N–H and O–H groups in total. The number of amides is 1. The number of fused-ring (bicyclic) bond motifs is 1. The molecule has 0 aliphatic carbocycles. The van der Waals surface area contributed by atoms with Crippen molar-refractivity contribution in [1.82, 2.24) is 9.78 Å². The number of carbonyl (C=O) groups excluding carboxylic acids is 1. The molecule has 1 amide bonds. The summed E-state index contributed by atoms with van der Waals surface area (Å²) in [5.74, 6) is 2.15. The fraction of sp³-hybridized carbons (Fsp3) is 0.476. The molecule has 0 radical (unpaired) electrons. The summed E-state index contributed by atoms with van der Waals surface area (Å²) in [4.78, 5) is 29.1. The van der Waals surface area contributed by atoms with Crippen molar-refractivity contribution in [2.75, 3.05) is 36.5 Å². The van der Waals surface area contributed by atoms with Crippen LogP contribution in [-0.4, -0.2) is 42.4 Å². The van der Waals surface area contributed by atoms with Crippen molar-refractivity contribution in [2.45, 2.75) is 32.7 Å². The standard InChI is InChI=1S/C21H26N4O3/c1-15-7-10-23(11-8-15)19-5-6-20(26)25(22-19)14-21(27)24-12-9-16-13-17(28-2)3-4-18(16)24/h3-6,13,15H,7-12,14H2,1-2H3. The Morgan fingerprint density at radius 3 is 2.71 bits per heavy atom. The van der Waals surface area contributed by atoms with Crippen LogP contribution in [0.4, 0.5) is 11.5 Å². The normalized spacial score (nSPS) is 16.9. The van der Waals surface area contributed by atoms with Crippen LogP contribution >= 0.6 is 0 Å². The smallest absolute Gasteiger partial charge is 0.267 e. The Labute approximate surface area is 164 Å². The van der Waals surface area contributed by atoms with E-state index in [0.717, 1.165) is 61.1 Å². The highest BCUT2D eigenvalue weighted by Gasteiger charge is 2.26. The van der Waals surface area contributed by atoms with E-state index in [4.69, 9.17) is 4.74 Å². The van der Waals surface area contributed by atoms with Crippen LogP contribution in [0.1, 0.15) is 25.3 Å². The molecule has 4 rings (SSSR count). The monoisotopic (exact) mass is 382 g/mol. The van der Waals surface area contributed by atoms with E-state index in [1.807, 2.05) is 18.2 Å². The Balaban J connectivity index is 1.51. The van der Waals surface area contributed by atoms with Gasteiger partial charge in [-0.3, -0.25) is 9.59 Å². The van der Waals surface area contributed by atoms with Crippen LogP contribution in [0.15, 0.2) is 35.1 Å². The summed E-state index contributed by atoms with van der Waals surface area (Å²) in [5.41, 5.74) is 1.72. The molecule has 1 aromatic heterocycles. The number of methoxy groups -OCH3 is 1. The molecule has 148 valence electrons. The zero-order valence-electron chi connectivity index (χ0n) is 16.4. The zero-order valence-corrected chi connectivity index (χ0v) is 16.4. The van der Waals surface area contributed by atoms with Crippen LogP contribution in [0.5, 0.6) is 5.75 Å². The molecular formula is C21H26N4O3. The number of nitrogens with zero attached hydrogens (tertiary/aromatic N) is 4. The number of rotatable bonds is 4. The maximum absolute atomic E-state index is 12.9. The summed E-state index contributed by atoms with van der Waals surface area (Å²) >= 11 is 0. The molecule has 2 aliphatic heterocycles. The van der Waals surface area contributed by atoms with Gasteiger partial charge in [-0.15, -0.1) is 0 Å². The third-order valence-electron chi connectivity index (χ3n) is 5.73. The van der Waals surface area contributed by atoms with Gasteiger partial charge in [0.2, 0.25) is 5.91 Å². The van der Waals surface area contributed by atoms with Gasteiger partial charge in [-0.25, -0.2) is 4.68 Å². The van der Waals surface area contributed by atoms with Gasteiger partial charge in [0, 0.05) is 31.4 Å². The first kappa shape index (κ1) is 18.5. The molecule has 0 saturated carbocycles. The number of piperidine rings is 1. The van der Waals surface area contributed by atoms with Gasteiger partial charge in [-0.05, 0) is 55.0 Å². The molecule has 1 fully saturated rings. The number of carbonyl (C=O) groups is 1. The minimum atomic E-state index is -0.253. The van der Waals surface area contributed by atoms with Crippen LogP contribution in [0.25, 0.3) is 0 Å². The second kappa shape index (κ2) is 7.66. The SMILES string of the molecule is COc1ccc2c(c1)CCN2C(=O)Cn1nc(N2CCC(C)CC2)ccc1=O. The molecule has 7 nitrogen and oxygen atoms in total. The second-order valence-electron chi connectivity index (χ2n) is 7.65. The highest BCUT2D eigenvalue weighted by atomic mass is 16.5. The molecule has 2 aromatic rings. The number of aromatic nitrogens is 2. The van der Waals surface area contributed by atoms with E-state index in [-0.39, 0.29) is 18.0 Å². The molecule has 0 atom stereocenters. The third-order valence-corrected chi connectivity index (χ3v) is 5.73. The van der Waals surface area contributed by atoms with Crippen molar-refractivity contribution < 1.29 is 9.53 Å². The molecule has 28 heavy (non-hydrogen) atoms. The van der Waals surface area contributed by atoms with Crippen molar-refractivity contribution >= 4 is 17.4 Å². The van der Waals surface area contributed by atoms with Crippen molar-refractivity contribution in [1.29, 1.82) is 0 Å². The van der Waals surface area contributed by atoms with E-state index in [1.54, 1.807) is 18.1 Å². The Morgan fingerprint density at radius 2 is 1.96 bits per heavy atom. The van der Waals surface area contributed by atoms with E-state index in [1.165, 1.54) is 10.7 Å². The highest BCUT2D eigenvalue weighted by molar-refractivity contribution is 5.95. The summed E-state index contributed by atoms with van der Waals surface area (Å²) in [6.45, 7) is 4.68. The number of hydrogen-bond acceptors (Lipinski definition) is 5. The minimum absolute atomic E-state index is 0.0532. The van der Waals surface area contributed by atoms with Crippen molar-refractivity contribution in [3.05, 3.63) is 46.2 Å². The van der Waals surface area contributed by atoms with Gasteiger partial charge in [0.25, 0.3) is 5.56 Å². The molecule has 0 unspecified atom stereocenters. The molecule has 2 aliphatic rings. The fourth-order valence-electron chi connectivity index (χ4n) is 3.94. The largest absolute Gasteiger partial charge is 0.497 e. The zero-order chi connectivity index (χ0) is 19.7. The van der Waals surface area contributed by atoms with Gasteiger partial charge in [-0.2, -0.15) is 5.10 Å². The predicted molar refractivity (Wildman–Crippen MR) is 108 cm³/mol. The van der Waals surface area contributed by atoms with Gasteiger partial charge in [0.15, 0.2) is 0 Å². The molecule has 0 spiro atoms. The van der Waals surface area contributed by atoms with Gasteiger partial charge < -0.3 is 14.5 Å². The molecule has 7 heteroatoms. The van der Waals surface area contributed by atoms with Gasteiger partial charge in [0.1, 0.15) is 18.1 Å². The van der Waals surface area contributed by atoms with Crippen molar-refractivity contribution in [3.63, 3.8) is 0 Å². The van der Waals surface area contributed by atoms with Crippen LogP contribution < -0.4 is 20.1 Å². The van der Waals surface area contributed by atoms with E-state index < -0.39 is 0 Å². The quantitative estimate of drug-likeness (QED) is 0.810. The maximum Gasteiger partial charge on any atom is 0.267 e. The third kappa shape index (κ3) is 3.61. The lowest BCUT2D eigenvalue weighted by Crippen LogP contribution is -2.38. The number of ether oxygens (including phenoxy) is 1. The van der Waals surface area contributed by atoms with Crippen LogP contribution in [0.2, 0.25) is 0 Å². The van der Waals surface area contributed by atoms with Gasteiger partial charge in [-0.1, -0.05) is 6.92 Å². The molecule has 1 saturated heterocycles. The Kier molecular flexibility index (Phi) is 5.07. The average Bonchev–Trinajstić information content (AvgIpc) is 3.13. The first-order valence-electron chi connectivity index (χ1n) is 9.85. The van der Waals surface area contributed by atoms with Gasteiger partial charge in [0.05, 0.1) is 7.11 Å². The summed E-state index contributed by atoms with van der Waals surface area (Å²) < 4.78 is 6.55. The summed E-state index contributed by atoms with van der Waals surface area (Å²) in [7, 11) is 1.63. The van der Waals surface area contributed by atoms with E-state index in [2.05, 4.69) is 16.9 Å². The fourth-order valence-corrected chi connectivity index (χ4v) is 3.94. The predicted octanol–water partition coefficient (Wildman–Crippen LogP) is 2.08. The van der Waals surface area contributed by atoms with Crippen molar-refractivity contribution in [3.8, 4) is 5.75 Å². The summed E-state index contributed by atoms with van der Waals surface area (Å²) in [5, 5.41) is 4.48. The summed E-state index contributed by atoms with van der Waals surface area (Å²) in [6.07, 6.45) is 3.02. The van der Waals surface area contributed by atoms with Crippen LogP contribution in [0.3, 0.4) is 0 Å². The molecule has 0 bridgehead atoms. The van der Waals surface area contributed by atoms with Crippen molar-refractivity contribution in [2.24, 2.45) is 5.92 Å². The second-order valence-corrected chi connectivity index (χ2v) is 7.65.